The maximum atomic E-state index is 5.64. The van der Waals surface area contributed by atoms with E-state index in [1.165, 1.54) is 45.2 Å². The fourth-order valence-electron chi connectivity index (χ4n) is 2.36. The van der Waals surface area contributed by atoms with Gasteiger partial charge in [0, 0.05) is 6.04 Å². The van der Waals surface area contributed by atoms with Gasteiger partial charge in [0.05, 0.1) is 0 Å². The first-order valence-corrected chi connectivity index (χ1v) is 5.36. The van der Waals surface area contributed by atoms with Gasteiger partial charge < -0.3 is 10.6 Å². The average molecular weight is 168 g/mol. The summed E-state index contributed by atoms with van der Waals surface area (Å²) < 4.78 is 0. The van der Waals surface area contributed by atoms with E-state index in [0.29, 0.717) is 0 Å². The summed E-state index contributed by atoms with van der Waals surface area (Å²) in [5.74, 6) is 0.836. The molecule has 2 aliphatic rings. The minimum Gasteiger partial charge on any atom is -0.330 e. The molecule has 1 saturated heterocycles. The maximum absolute atomic E-state index is 5.64. The largest absolute Gasteiger partial charge is 0.330 e. The normalized spacial score (nSPS) is 37.8. The minimum absolute atomic E-state index is 0.836. The summed E-state index contributed by atoms with van der Waals surface area (Å²) >= 11 is 0. The van der Waals surface area contributed by atoms with Crippen molar-refractivity contribution in [1.82, 2.24) is 4.90 Å². The van der Waals surface area contributed by atoms with Gasteiger partial charge in [-0.2, -0.15) is 0 Å². The van der Waals surface area contributed by atoms with Crippen LogP contribution in [-0.4, -0.2) is 30.6 Å². The highest BCUT2D eigenvalue weighted by molar-refractivity contribution is 4.95. The fourth-order valence-corrected chi connectivity index (χ4v) is 2.36. The zero-order chi connectivity index (χ0) is 8.39. The second-order valence-corrected chi connectivity index (χ2v) is 4.25. The highest BCUT2D eigenvalue weighted by atomic mass is 15.2. The molecule has 2 fully saturated rings. The van der Waals surface area contributed by atoms with Gasteiger partial charge in [0.1, 0.15) is 0 Å². The molecule has 0 amide bonds. The number of hydrogen-bond donors (Lipinski definition) is 1. The quantitative estimate of drug-likeness (QED) is 0.671. The lowest BCUT2D eigenvalue weighted by Gasteiger charge is -2.19. The first-order valence-electron chi connectivity index (χ1n) is 5.36. The molecule has 0 radical (unpaired) electrons. The number of rotatable bonds is 2. The molecule has 70 valence electrons. The molecule has 2 heteroatoms. The Labute approximate surface area is 75.1 Å². The highest BCUT2D eigenvalue weighted by Crippen LogP contribution is 2.35. The Bertz CT molecular complexity index is 139. The van der Waals surface area contributed by atoms with E-state index in [4.69, 9.17) is 5.73 Å². The van der Waals surface area contributed by atoms with E-state index in [0.717, 1.165) is 18.5 Å². The molecule has 1 heterocycles. The summed E-state index contributed by atoms with van der Waals surface area (Å²) in [5, 5.41) is 0. The van der Waals surface area contributed by atoms with Crippen LogP contribution >= 0.6 is 0 Å². The molecule has 2 unspecified atom stereocenters. The van der Waals surface area contributed by atoms with E-state index < -0.39 is 0 Å². The highest BCUT2D eigenvalue weighted by Gasteiger charge is 2.40. The molecule has 2 N–H and O–H groups in total. The van der Waals surface area contributed by atoms with Gasteiger partial charge in [0.15, 0.2) is 0 Å². The van der Waals surface area contributed by atoms with E-state index in [2.05, 4.69) is 4.90 Å². The lowest BCUT2D eigenvalue weighted by molar-refractivity contribution is 0.263. The van der Waals surface area contributed by atoms with Crippen LogP contribution in [0.25, 0.3) is 0 Å². The standard InChI is InChI=1S/C10H20N2/c11-8-9-7-10(9)12-5-3-1-2-4-6-12/h9-10H,1-8,11H2. The zero-order valence-corrected chi connectivity index (χ0v) is 7.84. The summed E-state index contributed by atoms with van der Waals surface area (Å²) in [6.45, 7) is 3.57. The molecule has 0 aromatic rings. The molecule has 2 atom stereocenters. The van der Waals surface area contributed by atoms with E-state index in [1.807, 2.05) is 0 Å². The third-order valence-electron chi connectivity index (χ3n) is 3.30. The molecule has 0 bridgehead atoms. The Hall–Kier alpha value is -0.0800. The topological polar surface area (TPSA) is 29.3 Å². The van der Waals surface area contributed by atoms with Crippen molar-refractivity contribution in [2.75, 3.05) is 19.6 Å². The Morgan fingerprint density at radius 2 is 1.75 bits per heavy atom. The Balaban J connectivity index is 1.79. The summed E-state index contributed by atoms with van der Waals surface area (Å²) in [6.07, 6.45) is 7.07. The molecular weight excluding hydrogens is 148 g/mol. The fraction of sp³-hybridized carbons (Fsp3) is 1.00. The molecule has 1 aliphatic carbocycles. The van der Waals surface area contributed by atoms with Crippen LogP contribution in [0.3, 0.4) is 0 Å². The minimum atomic E-state index is 0.836. The van der Waals surface area contributed by atoms with Crippen molar-refractivity contribution in [1.29, 1.82) is 0 Å². The van der Waals surface area contributed by atoms with Gasteiger partial charge >= 0.3 is 0 Å². The van der Waals surface area contributed by atoms with E-state index in [-0.39, 0.29) is 0 Å². The van der Waals surface area contributed by atoms with Gasteiger partial charge in [-0.25, -0.2) is 0 Å². The van der Waals surface area contributed by atoms with Crippen LogP contribution in [0.1, 0.15) is 32.1 Å². The van der Waals surface area contributed by atoms with Crippen LogP contribution in [-0.2, 0) is 0 Å². The molecule has 1 saturated carbocycles. The molecular formula is C10H20N2. The third kappa shape index (κ3) is 1.80. The monoisotopic (exact) mass is 168 g/mol. The summed E-state index contributed by atoms with van der Waals surface area (Å²) in [7, 11) is 0. The Morgan fingerprint density at radius 1 is 1.08 bits per heavy atom. The second kappa shape index (κ2) is 3.75. The maximum Gasteiger partial charge on any atom is 0.0140 e. The zero-order valence-electron chi connectivity index (χ0n) is 7.84. The van der Waals surface area contributed by atoms with Crippen LogP contribution in [0.4, 0.5) is 0 Å². The van der Waals surface area contributed by atoms with Gasteiger partial charge in [0.2, 0.25) is 0 Å². The van der Waals surface area contributed by atoms with Crippen molar-refractivity contribution < 1.29 is 0 Å². The Kier molecular flexibility index (Phi) is 2.66. The Morgan fingerprint density at radius 3 is 2.25 bits per heavy atom. The molecule has 1 aliphatic heterocycles. The van der Waals surface area contributed by atoms with Crippen molar-refractivity contribution in [2.24, 2.45) is 11.7 Å². The van der Waals surface area contributed by atoms with Gasteiger partial charge in [-0.3, -0.25) is 0 Å². The van der Waals surface area contributed by atoms with Gasteiger partial charge in [-0.05, 0) is 44.8 Å². The van der Waals surface area contributed by atoms with Crippen molar-refractivity contribution in [3.05, 3.63) is 0 Å². The molecule has 0 spiro atoms. The molecule has 2 nitrogen and oxygen atoms in total. The van der Waals surface area contributed by atoms with Crippen LogP contribution in [0.15, 0.2) is 0 Å². The van der Waals surface area contributed by atoms with Crippen molar-refractivity contribution in [3.63, 3.8) is 0 Å². The number of likely N-dealkylation sites (tertiary alicyclic amines) is 1. The van der Waals surface area contributed by atoms with E-state index in [1.54, 1.807) is 0 Å². The third-order valence-corrected chi connectivity index (χ3v) is 3.30. The predicted molar refractivity (Wildman–Crippen MR) is 51.0 cm³/mol. The summed E-state index contributed by atoms with van der Waals surface area (Å²) in [6, 6.07) is 0.869. The first-order chi connectivity index (χ1) is 5.92. The summed E-state index contributed by atoms with van der Waals surface area (Å²) in [4.78, 5) is 2.67. The lowest BCUT2D eigenvalue weighted by atomic mass is 10.2. The molecule has 0 aromatic carbocycles. The molecule has 12 heavy (non-hydrogen) atoms. The van der Waals surface area contributed by atoms with Gasteiger partial charge in [-0.15, -0.1) is 0 Å². The number of hydrogen-bond acceptors (Lipinski definition) is 2. The predicted octanol–water partition coefficient (Wildman–Crippen LogP) is 1.21. The summed E-state index contributed by atoms with van der Waals surface area (Å²) in [5.41, 5.74) is 5.64. The van der Waals surface area contributed by atoms with Crippen molar-refractivity contribution in [3.8, 4) is 0 Å². The molecule has 2 rings (SSSR count). The van der Waals surface area contributed by atoms with Crippen LogP contribution in [0.5, 0.6) is 0 Å². The number of nitrogens with two attached hydrogens (primary N) is 1. The van der Waals surface area contributed by atoms with Gasteiger partial charge in [-0.1, -0.05) is 12.8 Å². The molecule has 0 aromatic heterocycles. The van der Waals surface area contributed by atoms with E-state index >= 15 is 0 Å². The lowest BCUT2D eigenvalue weighted by Crippen LogP contribution is -2.29. The van der Waals surface area contributed by atoms with Crippen molar-refractivity contribution in [2.45, 2.75) is 38.1 Å². The number of nitrogens with zero attached hydrogens (tertiary/aromatic N) is 1. The SMILES string of the molecule is NCC1CC1N1CCCCCC1. The van der Waals surface area contributed by atoms with Crippen LogP contribution < -0.4 is 5.73 Å². The smallest absolute Gasteiger partial charge is 0.0140 e. The van der Waals surface area contributed by atoms with Crippen LogP contribution in [0.2, 0.25) is 0 Å². The second-order valence-electron chi connectivity index (χ2n) is 4.25. The first kappa shape index (κ1) is 8.52. The van der Waals surface area contributed by atoms with Crippen LogP contribution in [0, 0.1) is 5.92 Å². The average Bonchev–Trinajstić information content (AvgIpc) is 2.89. The van der Waals surface area contributed by atoms with Gasteiger partial charge in [0.25, 0.3) is 0 Å². The van der Waals surface area contributed by atoms with Crippen molar-refractivity contribution >= 4 is 0 Å². The van der Waals surface area contributed by atoms with E-state index in [9.17, 15) is 0 Å².